The van der Waals surface area contributed by atoms with Gasteiger partial charge < -0.3 is 9.64 Å². The van der Waals surface area contributed by atoms with E-state index in [0.29, 0.717) is 23.3 Å². The minimum Gasteiger partial charge on any atom is -0.487 e. The Morgan fingerprint density at radius 1 is 1.36 bits per heavy atom. The summed E-state index contributed by atoms with van der Waals surface area (Å²) in [7, 11) is 0. The summed E-state index contributed by atoms with van der Waals surface area (Å²) >= 11 is 0. The molecule has 1 aromatic heterocycles. The van der Waals surface area contributed by atoms with Crippen LogP contribution in [-0.4, -0.2) is 41.0 Å². The summed E-state index contributed by atoms with van der Waals surface area (Å²) in [5.74, 6) is 4.80. The third-order valence-electron chi connectivity index (χ3n) is 4.94. The maximum absolute atomic E-state index is 13.3. The molecule has 2 atom stereocenters. The molecule has 0 aliphatic carbocycles. The second-order valence-corrected chi connectivity index (χ2v) is 7.49. The largest absolute Gasteiger partial charge is 0.487 e. The van der Waals surface area contributed by atoms with Crippen molar-refractivity contribution in [3.8, 4) is 17.6 Å². The van der Waals surface area contributed by atoms with Gasteiger partial charge in [0.15, 0.2) is 0 Å². The van der Waals surface area contributed by atoms with Gasteiger partial charge in [0, 0.05) is 30.8 Å². The molecule has 1 saturated heterocycles. The van der Waals surface area contributed by atoms with Crippen molar-refractivity contribution >= 4 is 5.91 Å². The van der Waals surface area contributed by atoms with Crippen LogP contribution < -0.4 is 4.74 Å². The van der Waals surface area contributed by atoms with Gasteiger partial charge in [-0.3, -0.25) is 9.78 Å². The number of halogens is 5. The number of carbonyl (C=O) groups excluding carboxylic acids is 1. The SMILES string of the molecule is CC(C)(C(=O)N1C[C@@H]2C[C@H]1c1cncc(C#CCCC(F)(F)F)c1O2)C(F)F. The molecule has 0 radical (unpaired) electrons. The van der Waals surface area contributed by atoms with E-state index in [9.17, 15) is 26.7 Å². The molecule has 1 fully saturated rings. The Labute approximate surface area is 159 Å². The van der Waals surface area contributed by atoms with E-state index in [-0.39, 0.29) is 19.1 Å². The lowest BCUT2D eigenvalue weighted by Crippen LogP contribution is -2.44. The standard InChI is InChI=1S/C19H19F5N2O2/c1-18(2,16(20)21)17(27)26-10-12-7-14(26)13-9-25-8-11(15(13)28-12)5-3-4-6-19(22,23)24/h8-9,12,14,16H,4,6-7,10H2,1-2H3/t12-,14-/m0/s1. The monoisotopic (exact) mass is 402 g/mol. The lowest BCUT2D eigenvalue weighted by atomic mass is 9.91. The number of rotatable bonds is 3. The molecule has 0 saturated carbocycles. The summed E-state index contributed by atoms with van der Waals surface area (Å²) in [4.78, 5) is 18.1. The van der Waals surface area contributed by atoms with Crippen molar-refractivity contribution in [1.29, 1.82) is 0 Å². The van der Waals surface area contributed by atoms with Crippen LogP contribution in [0.25, 0.3) is 0 Å². The zero-order valence-corrected chi connectivity index (χ0v) is 15.3. The number of carbonyl (C=O) groups is 1. The minimum atomic E-state index is -4.28. The maximum Gasteiger partial charge on any atom is 0.390 e. The molecule has 0 aromatic carbocycles. The van der Waals surface area contributed by atoms with Crippen LogP contribution in [0.5, 0.6) is 5.75 Å². The number of fused-ring (bicyclic) bond motifs is 4. The first-order valence-electron chi connectivity index (χ1n) is 8.80. The molecule has 2 aliphatic rings. The van der Waals surface area contributed by atoms with Gasteiger partial charge in [0.1, 0.15) is 17.3 Å². The summed E-state index contributed by atoms with van der Waals surface area (Å²) < 4.78 is 69.2. The summed E-state index contributed by atoms with van der Waals surface area (Å²) in [6.07, 6.45) is -5.52. The minimum absolute atomic E-state index is 0.162. The van der Waals surface area contributed by atoms with E-state index in [4.69, 9.17) is 4.74 Å². The Hall–Kier alpha value is -2.37. The summed E-state index contributed by atoms with van der Waals surface area (Å²) in [5.41, 5.74) is -0.966. The van der Waals surface area contributed by atoms with Gasteiger partial charge in [-0.1, -0.05) is 11.8 Å². The van der Waals surface area contributed by atoms with Crippen LogP contribution >= 0.6 is 0 Å². The van der Waals surface area contributed by atoms with Crippen molar-refractivity contribution in [2.24, 2.45) is 5.41 Å². The lowest BCUT2D eigenvalue weighted by molar-refractivity contribution is -0.150. The van der Waals surface area contributed by atoms with E-state index in [0.717, 1.165) is 0 Å². The molecular formula is C19H19F5N2O2. The second kappa shape index (κ2) is 7.22. The van der Waals surface area contributed by atoms with Crippen molar-refractivity contribution < 1.29 is 31.5 Å². The Morgan fingerprint density at radius 3 is 2.71 bits per heavy atom. The number of hydrogen-bond donors (Lipinski definition) is 0. The molecule has 0 spiro atoms. The number of hydrogen-bond acceptors (Lipinski definition) is 3. The van der Waals surface area contributed by atoms with E-state index in [1.807, 2.05) is 0 Å². The highest BCUT2D eigenvalue weighted by molar-refractivity contribution is 5.83. The molecule has 2 bridgehead atoms. The van der Waals surface area contributed by atoms with E-state index in [1.165, 1.54) is 31.1 Å². The van der Waals surface area contributed by atoms with E-state index >= 15 is 0 Å². The predicted octanol–water partition coefficient (Wildman–Crippen LogP) is 4.10. The molecule has 2 aliphatic heterocycles. The summed E-state index contributed by atoms with van der Waals surface area (Å²) in [6.45, 7) is 2.56. The number of nitrogens with zero attached hydrogens (tertiary/aromatic N) is 2. The first-order chi connectivity index (χ1) is 13.0. The van der Waals surface area contributed by atoms with E-state index < -0.39 is 36.4 Å². The molecule has 1 aromatic rings. The van der Waals surface area contributed by atoms with Crippen LogP contribution in [-0.2, 0) is 4.79 Å². The van der Waals surface area contributed by atoms with Gasteiger partial charge in [-0.15, -0.1) is 0 Å². The molecule has 1 amide bonds. The Balaban J connectivity index is 1.85. The molecule has 0 N–H and O–H groups in total. The molecule has 9 heteroatoms. The number of aromatic nitrogens is 1. The number of ether oxygens (including phenoxy) is 1. The topological polar surface area (TPSA) is 42.4 Å². The zero-order chi connectivity index (χ0) is 20.7. The summed E-state index contributed by atoms with van der Waals surface area (Å²) in [6, 6.07) is -0.469. The lowest BCUT2D eigenvalue weighted by Gasteiger charge is -2.32. The fourth-order valence-electron chi connectivity index (χ4n) is 3.32. The van der Waals surface area contributed by atoms with Crippen LogP contribution in [0.4, 0.5) is 22.0 Å². The number of likely N-dealkylation sites (tertiary alicyclic amines) is 1. The van der Waals surface area contributed by atoms with Crippen LogP contribution in [0.15, 0.2) is 12.4 Å². The predicted molar refractivity (Wildman–Crippen MR) is 89.7 cm³/mol. The van der Waals surface area contributed by atoms with Crippen LogP contribution in [0.1, 0.15) is 50.3 Å². The molecule has 4 nitrogen and oxygen atoms in total. The second-order valence-electron chi connectivity index (χ2n) is 7.49. The number of alkyl halides is 5. The van der Waals surface area contributed by atoms with Gasteiger partial charge in [-0.25, -0.2) is 8.78 Å². The van der Waals surface area contributed by atoms with Crippen molar-refractivity contribution in [3.05, 3.63) is 23.5 Å². The molecule has 3 rings (SSSR count). The average molecular weight is 402 g/mol. The normalized spacial score (nSPS) is 21.1. The highest BCUT2D eigenvalue weighted by atomic mass is 19.4. The van der Waals surface area contributed by atoms with Gasteiger partial charge in [0.2, 0.25) is 5.91 Å². The Bertz CT molecular complexity index is 826. The highest BCUT2D eigenvalue weighted by Crippen LogP contribution is 2.46. The van der Waals surface area contributed by atoms with Gasteiger partial charge in [0.05, 0.1) is 24.6 Å². The van der Waals surface area contributed by atoms with Gasteiger partial charge in [-0.05, 0) is 13.8 Å². The fraction of sp³-hybridized carbons (Fsp3) is 0.579. The van der Waals surface area contributed by atoms with E-state index in [1.54, 1.807) is 0 Å². The first-order valence-corrected chi connectivity index (χ1v) is 8.80. The van der Waals surface area contributed by atoms with Crippen molar-refractivity contribution in [2.45, 2.75) is 57.9 Å². The van der Waals surface area contributed by atoms with E-state index in [2.05, 4.69) is 16.8 Å². The van der Waals surface area contributed by atoms with Gasteiger partial charge >= 0.3 is 6.18 Å². The third-order valence-corrected chi connectivity index (χ3v) is 4.94. The quantitative estimate of drug-likeness (QED) is 0.565. The summed E-state index contributed by atoms with van der Waals surface area (Å²) in [5, 5.41) is 0. The molecule has 28 heavy (non-hydrogen) atoms. The van der Waals surface area contributed by atoms with Crippen molar-refractivity contribution in [1.82, 2.24) is 9.88 Å². The first kappa shape index (κ1) is 20.4. The van der Waals surface area contributed by atoms with Gasteiger partial charge in [0.25, 0.3) is 6.43 Å². The molecule has 0 unspecified atom stereocenters. The van der Waals surface area contributed by atoms with Crippen molar-refractivity contribution in [2.75, 3.05) is 6.54 Å². The maximum atomic E-state index is 13.3. The molecular weight excluding hydrogens is 383 g/mol. The fourth-order valence-corrected chi connectivity index (χ4v) is 3.32. The number of pyridine rings is 1. The Morgan fingerprint density at radius 2 is 2.07 bits per heavy atom. The van der Waals surface area contributed by atoms with Crippen LogP contribution in [0, 0.1) is 17.3 Å². The third kappa shape index (κ3) is 3.91. The average Bonchev–Trinajstić information content (AvgIpc) is 2.95. The van der Waals surface area contributed by atoms with Crippen molar-refractivity contribution in [3.63, 3.8) is 0 Å². The Kier molecular flexibility index (Phi) is 5.26. The zero-order valence-electron chi connectivity index (χ0n) is 15.3. The molecule has 152 valence electrons. The van der Waals surface area contributed by atoms with Crippen LogP contribution in [0.3, 0.4) is 0 Å². The number of amides is 1. The van der Waals surface area contributed by atoms with Gasteiger partial charge in [-0.2, -0.15) is 13.2 Å². The highest BCUT2D eigenvalue weighted by Gasteiger charge is 2.49. The molecule has 3 heterocycles. The smallest absolute Gasteiger partial charge is 0.390 e. The van der Waals surface area contributed by atoms with Crippen LogP contribution in [0.2, 0.25) is 0 Å².